The predicted molar refractivity (Wildman–Crippen MR) is 70.2 cm³/mol. The molecular formula is C13H9N3O4. The van der Waals surface area contributed by atoms with E-state index in [2.05, 4.69) is 0 Å². The van der Waals surface area contributed by atoms with Crippen LogP contribution in [0, 0.1) is 15.3 Å². The minimum absolute atomic E-state index is 0.0603. The molecule has 0 aliphatic rings. The zero-order chi connectivity index (χ0) is 14.3. The van der Waals surface area contributed by atoms with Crippen LogP contribution in [0.25, 0.3) is 22.4 Å². The standard InChI is InChI=1S/C13H9N3O4/c17-14-11-6-1-2-7-12(11)15(18)13(14)9-4-3-5-10(8-9)16(19)20/h1-8,17H. The molecule has 0 radical (unpaired) electrons. The number of benzene rings is 2. The maximum absolute atomic E-state index is 12.2. The van der Waals surface area contributed by atoms with Gasteiger partial charge >= 0.3 is 5.82 Å². The Hall–Kier alpha value is -3.09. The van der Waals surface area contributed by atoms with Crippen LogP contribution in [0.5, 0.6) is 0 Å². The first kappa shape index (κ1) is 12.0. The summed E-state index contributed by atoms with van der Waals surface area (Å²) in [6.07, 6.45) is 0. The van der Waals surface area contributed by atoms with Crippen LogP contribution in [-0.2, 0) is 0 Å². The number of hydrogen-bond donors (Lipinski definition) is 1. The average molecular weight is 271 g/mol. The summed E-state index contributed by atoms with van der Waals surface area (Å²) in [5, 5.41) is 33.1. The number of rotatable bonds is 2. The highest BCUT2D eigenvalue weighted by molar-refractivity contribution is 5.75. The summed E-state index contributed by atoms with van der Waals surface area (Å²) in [6.45, 7) is 0. The Labute approximate surface area is 112 Å². The van der Waals surface area contributed by atoms with E-state index >= 15 is 0 Å². The van der Waals surface area contributed by atoms with Gasteiger partial charge in [0.05, 0.1) is 10.5 Å². The summed E-state index contributed by atoms with van der Waals surface area (Å²) in [6, 6.07) is 12.1. The van der Waals surface area contributed by atoms with Gasteiger partial charge in [0.2, 0.25) is 5.52 Å². The van der Waals surface area contributed by atoms with E-state index in [0.717, 1.165) is 4.73 Å². The number of aromatic nitrogens is 2. The van der Waals surface area contributed by atoms with Gasteiger partial charge < -0.3 is 10.4 Å². The van der Waals surface area contributed by atoms with Crippen molar-refractivity contribution < 1.29 is 14.9 Å². The minimum Gasteiger partial charge on any atom is -0.710 e. The molecule has 0 spiro atoms. The molecule has 1 aromatic heterocycles. The molecule has 0 bridgehead atoms. The van der Waals surface area contributed by atoms with Crippen LogP contribution in [0.2, 0.25) is 0 Å². The Morgan fingerprint density at radius 3 is 2.60 bits per heavy atom. The number of nitro groups is 1. The first-order chi connectivity index (χ1) is 9.59. The molecule has 20 heavy (non-hydrogen) atoms. The molecule has 7 nitrogen and oxygen atoms in total. The fourth-order valence-corrected chi connectivity index (χ4v) is 2.13. The van der Waals surface area contributed by atoms with Gasteiger partial charge in [-0.05, 0) is 22.9 Å². The van der Waals surface area contributed by atoms with Crippen molar-refractivity contribution in [3.63, 3.8) is 0 Å². The van der Waals surface area contributed by atoms with Crippen molar-refractivity contribution in [3.8, 4) is 11.4 Å². The lowest BCUT2D eigenvalue weighted by molar-refractivity contribution is -0.567. The largest absolute Gasteiger partial charge is 0.710 e. The highest BCUT2D eigenvalue weighted by Gasteiger charge is 2.24. The maximum Gasteiger partial charge on any atom is 0.332 e. The molecule has 3 rings (SSSR count). The summed E-state index contributed by atoms with van der Waals surface area (Å²) in [5.74, 6) is -0.0603. The molecule has 0 saturated carbocycles. The molecule has 0 saturated heterocycles. The van der Waals surface area contributed by atoms with Gasteiger partial charge in [0.15, 0.2) is 5.52 Å². The minimum atomic E-state index is -0.553. The van der Waals surface area contributed by atoms with Crippen LogP contribution >= 0.6 is 0 Å². The van der Waals surface area contributed by atoms with Crippen molar-refractivity contribution >= 4 is 16.7 Å². The van der Waals surface area contributed by atoms with Gasteiger partial charge in [0, 0.05) is 12.1 Å². The molecular weight excluding hydrogens is 262 g/mol. The molecule has 100 valence electrons. The molecule has 0 unspecified atom stereocenters. The maximum atomic E-state index is 12.2. The second-order valence-electron chi connectivity index (χ2n) is 4.23. The zero-order valence-electron chi connectivity index (χ0n) is 10.1. The lowest BCUT2D eigenvalue weighted by Crippen LogP contribution is -2.28. The van der Waals surface area contributed by atoms with Crippen molar-refractivity contribution in [2.45, 2.75) is 0 Å². The van der Waals surface area contributed by atoms with Crippen LogP contribution < -0.4 is 4.73 Å². The van der Waals surface area contributed by atoms with Crippen LogP contribution in [0.15, 0.2) is 48.5 Å². The third kappa shape index (κ3) is 1.64. The lowest BCUT2D eigenvalue weighted by atomic mass is 10.2. The van der Waals surface area contributed by atoms with Gasteiger partial charge in [0.25, 0.3) is 5.69 Å². The second-order valence-corrected chi connectivity index (χ2v) is 4.23. The third-order valence-corrected chi connectivity index (χ3v) is 3.04. The molecule has 1 N–H and O–H groups in total. The normalized spacial score (nSPS) is 10.8. The Balaban J connectivity index is 2.29. The molecule has 0 aliphatic heterocycles. The van der Waals surface area contributed by atoms with Crippen LogP contribution in [-0.4, -0.2) is 14.9 Å². The third-order valence-electron chi connectivity index (χ3n) is 3.04. The summed E-state index contributed by atoms with van der Waals surface area (Å²) >= 11 is 0. The molecule has 7 heteroatoms. The highest BCUT2D eigenvalue weighted by Crippen LogP contribution is 2.24. The van der Waals surface area contributed by atoms with E-state index in [1.165, 1.54) is 24.3 Å². The molecule has 0 aliphatic carbocycles. The number of para-hydroxylation sites is 2. The van der Waals surface area contributed by atoms with E-state index in [1.807, 2.05) is 0 Å². The number of imidazole rings is 1. The van der Waals surface area contributed by atoms with E-state index in [0.29, 0.717) is 10.2 Å². The summed E-state index contributed by atoms with van der Waals surface area (Å²) in [7, 11) is 0. The van der Waals surface area contributed by atoms with Gasteiger partial charge in [-0.25, -0.2) is 4.73 Å². The molecule has 2 aromatic carbocycles. The second kappa shape index (κ2) is 4.23. The van der Waals surface area contributed by atoms with E-state index < -0.39 is 4.92 Å². The van der Waals surface area contributed by atoms with Crippen molar-refractivity contribution in [2.24, 2.45) is 0 Å². The zero-order valence-corrected chi connectivity index (χ0v) is 10.1. The fourth-order valence-electron chi connectivity index (χ4n) is 2.13. The monoisotopic (exact) mass is 271 g/mol. The van der Waals surface area contributed by atoms with Crippen molar-refractivity contribution in [1.29, 1.82) is 0 Å². The van der Waals surface area contributed by atoms with Crippen LogP contribution in [0.1, 0.15) is 0 Å². The van der Waals surface area contributed by atoms with E-state index in [-0.39, 0.29) is 22.6 Å². The van der Waals surface area contributed by atoms with Crippen molar-refractivity contribution in [2.75, 3.05) is 0 Å². The Morgan fingerprint density at radius 2 is 1.90 bits per heavy atom. The SMILES string of the molecule is O=[N+]([O-])c1cccc(-c2n(O)c3ccccc3[n+]2[O-])c1. The van der Waals surface area contributed by atoms with Gasteiger partial charge in [-0.2, -0.15) is 0 Å². The summed E-state index contributed by atoms with van der Waals surface area (Å²) in [4.78, 5) is 10.2. The number of hydrogen-bond acceptors (Lipinski definition) is 4. The summed E-state index contributed by atoms with van der Waals surface area (Å²) in [5.41, 5.74) is 0.751. The molecule has 3 aromatic rings. The van der Waals surface area contributed by atoms with Crippen LogP contribution in [0.3, 0.4) is 0 Å². The predicted octanol–water partition coefficient (Wildman–Crippen LogP) is 2.09. The average Bonchev–Trinajstić information content (AvgIpc) is 2.72. The lowest BCUT2D eigenvalue weighted by Gasteiger charge is -2.02. The highest BCUT2D eigenvalue weighted by atomic mass is 16.6. The quantitative estimate of drug-likeness (QED) is 0.254. The van der Waals surface area contributed by atoms with Gasteiger partial charge in [-0.15, -0.1) is 0 Å². The Kier molecular flexibility index (Phi) is 2.53. The Bertz CT molecular complexity index is 787. The molecule has 0 fully saturated rings. The van der Waals surface area contributed by atoms with E-state index in [9.17, 15) is 20.5 Å². The van der Waals surface area contributed by atoms with Crippen LogP contribution in [0.4, 0.5) is 5.69 Å². The number of fused-ring (bicyclic) bond motifs is 1. The number of non-ortho nitro benzene ring substituents is 1. The van der Waals surface area contributed by atoms with E-state index in [4.69, 9.17) is 0 Å². The van der Waals surface area contributed by atoms with Gasteiger partial charge in [0.1, 0.15) is 0 Å². The summed E-state index contributed by atoms with van der Waals surface area (Å²) < 4.78 is 1.29. The molecule has 0 amide bonds. The van der Waals surface area contributed by atoms with E-state index in [1.54, 1.807) is 24.3 Å². The number of nitro benzene ring substituents is 1. The Morgan fingerprint density at radius 1 is 1.15 bits per heavy atom. The van der Waals surface area contributed by atoms with Gasteiger partial charge in [-0.1, -0.05) is 18.2 Å². The fraction of sp³-hybridized carbons (Fsp3) is 0. The number of nitrogens with zero attached hydrogens (tertiary/aromatic N) is 3. The molecule has 0 atom stereocenters. The smallest absolute Gasteiger partial charge is 0.332 e. The molecule has 1 heterocycles. The van der Waals surface area contributed by atoms with Gasteiger partial charge in [-0.3, -0.25) is 10.1 Å². The topological polar surface area (TPSA) is 95.2 Å². The first-order valence-electron chi connectivity index (χ1n) is 5.76. The van der Waals surface area contributed by atoms with Crippen molar-refractivity contribution in [3.05, 3.63) is 63.9 Å². The van der Waals surface area contributed by atoms with Crippen molar-refractivity contribution in [1.82, 2.24) is 4.73 Å². The first-order valence-corrected chi connectivity index (χ1v) is 5.76.